The number of hydrogen-bond donors (Lipinski definition) is 6. The quantitative estimate of drug-likeness (QED) is 0.447. The van der Waals surface area contributed by atoms with Crippen LogP contribution >= 0.6 is 11.8 Å². The first kappa shape index (κ1) is 19.2. The maximum atomic E-state index is 12.5. The number of aliphatic hydroxyl groups excluding tert-OH is 2. The lowest BCUT2D eigenvalue weighted by molar-refractivity contribution is 0.0689. The molecule has 1 saturated heterocycles. The third-order valence-electron chi connectivity index (χ3n) is 4.09. The van der Waals surface area contributed by atoms with Gasteiger partial charge in [-0.25, -0.2) is 4.79 Å². The van der Waals surface area contributed by atoms with E-state index in [4.69, 9.17) is 0 Å². The van der Waals surface area contributed by atoms with E-state index in [1.165, 1.54) is 30.0 Å². The van der Waals surface area contributed by atoms with Crippen molar-refractivity contribution in [3.63, 3.8) is 0 Å². The number of carbonyl (C=O) groups excluding carboxylic acids is 1. The van der Waals surface area contributed by atoms with Crippen LogP contribution in [0.3, 0.4) is 0 Å². The Morgan fingerprint density at radius 2 is 1.89 bits per heavy atom. The van der Waals surface area contributed by atoms with Crippen molar-refractivity contribution in [3.8, 4) is 5.75 Å². The first-order valence-electron chi connectivity index (χ1n) is 8.08. The molecule has 6 N–H and O–H groups in total. The summed E-state index contributed by atoms with van der Waals surface area (Å²) in [5.41, 5.74) is -0.162. The van der Waals surface area contributed by atoms with E-state index in [1.807, 2.05) is 6.07 Å². The van der Waals surface area contributed by atoms with Gasteiger partial charge >= 0.3 is 5.97 Å². The molecular weight excluding hydrogens is 372 g/mol. The molecule has 0 radical (unpaired) electrons. The van der Waals surface area contributed by atoms with Crippen LogP contribution in [0.1, 0.15) is 26.3 Å². The summed E-state index contributed by atoms with van der Waals surface area (Å²) >= 11 is 1.21. The van der Waals surface area contributed by atoms with Crippen molar-refractivity contribution in [2.24, 2.45) is 0 Å². The second-order valence-electron chi connectivity index (χ2n) is 6.00. The number of phenols is 1. The van der Waals surface area contributed by atoms with Crippen molar-refractivity contribution in [1.29, 1.82) is 0 Å². The van der Waals surface area contributed by atoms with E-state index in [9.17, 15) is 30.0 Å². The Balaban J connectivity index is 1.76. The highest BCUT2D eigenvalue weighted by atomic mass is 32.2. The lowest BCUT2D eigenvalue weighted by Crippen LogP contribution is -2.33. The van der Waals surface area contributed by atoms with Gasteiger partial charge in [0.15, 0.2) is 5.56 Å². The molecule has 1 fully saturated rings. The van der Waals surface area contributed by atoms with Crippen molar-refractivity contribution < 1.29 is 30.0 Å². The minimum Gasteiger partial charge on any atom is -0.507 e. The van der Waals surface area contributed by atoms with Gasteiger partial charge in [0, 0.05) is 5.69 Å². The number of anilines is 1. The van der Waals surface area contributed by atoms with Gasteiger partial charge in [0.2, 0.25) is 0 Å². The van der Waals surface area contributed by atoms with Gasteiger partial charge in [-0.2, -0.15) is 0 Å². The largest absolute Gasteiger partial charge is 0.507 e. The molecule has 3 atom stereocenters. The Hall–Kier alpha value is -2.59. The number of carboxylic acid groups (broad SMARTS) is 1. The van der Waals surface area contributed by atoms with E-state index >= 15 is 0 Å². The maximum absolute atomic E-state index is 12.5. The van der Waals surface area contributed by atoms with E-state index in [2.05, 4.69) is 10.6 Å². The fraction of sp³-hybridized carbons (Fsp3) is 0.222. The molecule has 3 rings (SSSR count). The van der Waals surface area contributed by atoms with Gasteiger partial charge in [-0.15, -0.1) is 11.8 Å². The molecule has 0 spiro atoms. The van der Waals surface area contributed by atoms with Crippen LogP contribution in [-0.4, -0.2) is 49.3 Å². The molecule has 1 aliphatic heterocycles. The number of aromatic carboxylic acids is 1. The average molecular weight is 390 g/mol. The number of amides is 1. The van der Waals surface area contributed by atoms with Gasteiger partial charge < -0.3 is 25.7 Å². The van der Waals surface area contributed by atoms with E-state index < -0.39 is 35.0 Å². The zero-order valence-corrected chi connectivity index (χ0v) is 14.8. The summed E-state index contributed by atoms with van der Waals surface area (Å²) in [4.78, 5) is 23.8. The predicted octanol–water partition coefficient (Wildman–Crippen LogP) is 1.18. The molecule has 1 amide bonds. The number of hydrogen-bond acceptors (Lipinski definition) is 7. The van der Waals surface area contributed by atoms with E-state index in [0.717, 1.165) is 5.56 Å². The predicted molar refractivity (Wildman–Crippen MR) is 99.7 cm³/mol. The topological polar surface area (TPSA) is 139 Å². The summed E-state index contributed by atoms with van der Waals surface area (Å²) in [5.74, 6) is -2.54. The number of nitrogens with one attached hydrogen (secondary N) is 2. The van der Waals surface area contributed by atoms with Gasteiger partial charge in [0.05, 0.1) is 10.8 Å². The zero-order chi connectivity index (χ0) is 19.6. The third-order valence-corrected chi connectivity index (χ3v) is 5.26. The molecule has 0 bridgehead atoms. The van der Waals surface area contributed by atoms with Crippen molar-refractivity contribution in [2.45, 2.75) is 23.5 Å². The molecule has 27 heavy (non-hydrogen) atoms. The lowest BCUT2D eigenvalue weighted by atomic mass is 10.0. The van der Waals surface area contributed by atoms with E-state index in [-0.39, 0.29) is 10.8 Å². The first-order chi connectivity index (χ1) is 12.8. The van der Waals surface area contributed by atoms with Crippen LogP contribution in [0.5, 0.6) is 5.75 Å². The number of carboxylic acids is 1. The number of aliphatic hydroxyl groups is 2. The number of aromatic hydroxyl groups is 1. The number of carbonyl (C=O) groups is 2. The minimum absolute atomic E-state index is 0.151. The molecule has 0 saturated carbocycles. The zero-order valence-electron chi connectivity index (χ0n) is 14.0. The Morgan fingerprint density at radius 1 is 1.15 bits per heavy atom. The molecule has 0 aromatic heterocycles. The van der Waals surface area contributed by atoms with Crippen LogP contribution in [-0.2, 0) is 6.42 Å². The van der Waals surface area contributed by atoms with Crippen molar-refractivity contribution in [3.05, 3.63) is 59.2 Å². The summed E-state index contributed by atoms with van der Waals surface area (Å²) in [6, 6.07) is 10.8. The SMILES string of the molecule is O=C(Nc1cccc(CC2SC(O)NC2O)c1)c1cccc(O)c1C(=O)O. The van der Waals surface area contributed by atoms with Crippen LogP contribution in [0.25, 0.3) is 0 Å². The molecule has 2 aromatic carbocycles. The Bertz CT molecular complexity index is 875. The van der Waals surface area contributed by atoms with Gasteiger partial charge in [-0.1, -0.05) is 18.2 Å². The fourth-order valence-corrected chi connectivity index (χ4v) is 3.92. The number of rotatable bonds is 5. The van der Waals surface area contributed by atoms with Gasteiger partial charge in [-0.3, -0.25) is 10.1 Å². The highest BCUT2D eigenvalue weighted by molar-refractivity contribution is 8.00. The van der Waals surface area contributed by atoms with Crippen LogP contribution in [0, 0.1) is 0 Å². The molecule has 3 unspecified atom stereocenters. The summed E-state index contributed by atoms with van der Waals surface area (Å²) < 4.78 is 0. The second kappa shape index (κ2) is 7.97. The normalized spacial score (nSPS) is 21.8. The molecule has 9 heteroatoms. The summed E-state index contributed by atoms with van der Waals surface area (Å²) in [5, 5.41) is 43.3. The molecule has 1 aliphatic rings. The molecule has 1 heterocycles. The van der Waals surface area contributed by atoms with Crippen LogP contribution < -0.4 is 10.6 Å². The molecule has 142 valence electrons. The van der Waals surface area contributed by atoms with Crippen molar-refractivity contribution in [1.82, 2.24) is 5.32 Å². The molecule has 0 aliphatic carbocycles. The molecule has 8 nitrogen and oxygen atoms in total. The van der Waals surface area contributed by atoms with Crippen LogP contribution in [0.15, 0.2) is 42.5 Å². The van der Waals surface area contributed by atoms with E-state index in [0.29, 0.717) is 12.1 Å². The van der Waals surface area contributed by atoms with Crippen LogP contribution in [0.4, 0.5) is 5.69 Å². The molecular formula is C18H18N2O6S. The van der Waals surface area contributed by atoms with Crippen molar-refractivity contribution >= 4 is 29.3 Å². The maximum Gasteiger partial charge on any atom is 0.340 e. The smallest absolute Gasteiger partial charge is 0.340 e. The standard InChI is InChI=1S/C18H18N2O6S/c21-12-6-2-5-11(14(12)17(24)25)15(22)19-10-4-1-3-9(7-10)8-13-16(23)20-18(26)27-13/h1-7,13,16,18,20-21,23,26H,8H2,(H,19,22)(H,24,25). The van der Waals surface area contributed by atoms with Gasteiger partial charge in [0.25, 0.3) is 5.91 Å². The third kappa shape index (κ3) is 4.40. The fourth-order valence-electron chi connectivity index (χ4n) is 2.85. The Morgan fingerprint density at radius 3 is 2.56 bits per heavy atom. The highest BCUT2D eigenvalue weighted by Gasteiger charge is 2.31. The molecule has 2 aromatic rings. The Kier molecular flexibility index (Phi) is 5.66. The van der Waals surface area contributed by atoms with Crippen LogP contribution in [0.2, 0.25) is 0 Å². The number of benzene rings is 2. The average Bonchev–Trinajstić information content (AvgIpc) is 2.91. The first-order valence-corrected chi connectivity index (χ1v) is 9.02. The van der Waals surface area contributed by atoms with Crippen molar-refractivity contribution in [2.75, 3.05) is 5.32 Å². The monoisotopic (exact) mass is 390 g/mol. The second-order valence-corrected chi connectivity index (χ2v) is 7.33. The summed E-state index contributed by atoms with van der Waals surface area (Å²) in [6.07, 6.45) is -0.375. The summed E-state index contributed by atoms with van der Waals surface area (Å²) in [7, 11) is 0. The van der Waals surface area contributed by atoms with Gasteiger partial charge in [-0.05, 0) is 36.2 Å². The highest BCUT2D eigenvalue weighted by Crippen LogP contribution is 2.28. The lowest BCUT2D eigenvalue weighted by Gasteiger charge is -2.14. The van der Waals surface area contributed by atoms with E-state index in [1.54, 1.807) is 18.2 Å². The minimum atomic E-state index is -1.40. The summed E-state index contributed by atoms with van der Waals surface area (Å²) in [6.45, 7) is 0. The Labute approximate surface area is 158 Å². The number of thioether (sulfide) groups is 1. The van der Waals surface area contributed by atoms with Gasteiger partial charge in [0.1, 0.15) is 17.5 Å².